The van der Waals surface area contributed by atoms with Gasteiger partial charge in [0, 0.05) is 18.8 Å². The number of carbonyl (C=O) groups excluding carboxylic acids is 1. The summed E-state index contributed by atoms with van der Waals surface area (Å²) in [5.74, 6) is 0.243. The van der Waals surface area contributed by atoms with E-state index >= 15 is 0 Å². The van der Waals surface area contributed by atoms with Crippen LogP contribution in [0.5, 0.6) is 0 Å². The Morgan fingerprint density at radius 3 is 2.88 bits per heavy atom. The van der Waals surface area contributed by atoms with Crippen molar-refractivity contribution in [1.82, 2.24) is 5.32 Å². The van der Waals surface area contributed by atoms with E-state index in [4.69, 9.17) is 0 Å². The van der Waals surface area contributed by atoms with Crippen LogP contribution in [-0.4, -0.2) is 19.0 Å². The highest BCUT2D eigenvalue weighted by molar-refractivity contribution is 7.19. The summed E-state index contributed by atoms with van der Waals surface area (Å²) >= 11 is 0. The van der Waals surface area contributed by atoms with Gasteiger partial charge < -0.3 is 9.99 Å². The summed E-state index contributed by atoms with van der Waals surface area (Å²) in [5, 5.41) is 2.99. The van der Waals surface area contributed by atoms with Crippen molar-refractivity contribution in [3.8, 4) is 0 Å². The minimum atomic E-state index is -0.165. The number of carbonyl (C=O) groups is 1. The monoisotopic (exact) mass is 248 g/mol. The number of nitrogens with zero attached hydrogens (tertiary/aromatic N) is 1. The standard InChI is InChI=1S/C13H17N2OP/c16-12-13(5-7-14-12)6-8-15(17)11-4-2-1-3-10(11)9-13/h1-4H,5-9,17H2,(H,14,16). The van der Waals surface area contributed by atoms with Gasteiger partial charge >= 0.3 is 0 Å². The van der Waals surface area contributed by atoms with Crippen LogP contribution in [0.15, 0.2) is 24.3 Å². The molecule has 1 spiro atoms. The molecule has 1 saturated heterocycles. The molecule has 90 valence electrons. The number of nitrogens with one attached hydrogen (secondary N) is 1. The van der Waals surface area contributed by atoms with Gasteiger partial charge in [0.1, 0.15) is 0 Å². The van der Waals surface area contributed by atoms with Gasteiger partial charge in [0.05, 0.1) is 5.41 Å². The zero-order valence-corrected chi connectivity index (χ0v) is 10.9. The molecule has 3 nitrogen and oxygen atoms in total. The zero-order chi connectivity index (χ0) is 11.9. The van der Waals surface area contributed by atoms with Crippen molar-refractivity contribution in [2.45, 2.75) is 19.3 Å². The number of fused-ring (bicyclic) bond motifs is 1. The van der Waals surface area contributed by atoms with E-state index in [9.17, 15) is 4.79 Å². The summed E-state index contributed by atoms with van der Waals surface area (Å²) in [7, 11) is 2.77. The Labute approximate surface area is 104 Å². The topological polar surface area (TPSA) is 32.3 Å². The van der Waals surface area contributed by atoms with Crippen molar-refractivity contribution in [3.63, 3.8) is 0 Å². The summed E-state index contributed by atoms with van der Waals surface area (Å²) in [6.45, 7) is 1.76. The van der Waals surface area contributed by atoms with Crippen molar-refractivity contribution in [2.75, 3.05) is 17.8 Å². The molecule has 2 aliphatic rings. The zero-order valence-electron chi connectivity index (χ0n) is 9.78. The largest absolute Gasteiger partial charge is 0.356 e. The Morgan fingerprint density at radius 1 is 1.29 bits per heavy atom. The highest BCUT2D eigenvalue weighted by Gasteiger charge is 2.43. The molecule has 0 aliphatic carbocycles. The van der Waals surface area contributed by atoms with E-state index in [1.165, 1.54) is 11.3 Å². The molecule has 1 fully saturated rings. The number of benzene rings is 1. The van der Waals surface area contributed by atoms with Crippen molar-refractivity contribution in [3.05, 3.63) is 29.8 Å². The SMILES string of the molecule is O=C1NCCC12CCN(P)c1ccccc1C2. The van der Waals surface area contributed by atoms with E-state index in [0.29, 0.717) is 0 Å². The minimum absolute atomic E-state index is 0.165. The van der Waals surface area contributed by atoms with E-state index in [1.807, 2.05) is 0 Å². The molecule has 2 aliphatic heterocycles. The van der Waals surface area contributed by atoms with Gasteiger partial charge in [-0.1, -0.05) is 18.2 Å². The molecular weight excluding hydrogens is 231 g/mol. The summed E-state index contributed by atoms with van der Waals surface area (Å²) in [5.41, 5.74) is 2.37. The third-order valence-corrected chi connectivity index (χ3v) is 4.57. The van der Waals surface area contributed by atoms with E-state index in [-0.39, 0.29) is 11.3 Å². The first-order chi connectivity index (χ1) is 8.21. The van der Waals surface area contributed by atoms with Crippen LogP contribution < -0.4 is 9.99 Å². The van der Waals surface area contributed by atoms with E-state index in [0.717, 1.165) is 32.4 Å². The summed E-state index contributed by atoms with van der Waals surface area (Å²) < 4.78 is 2.19. The number of anilines is 1. The maximum atomic E-state index is 12.1. The molecular formula is C13H17N2OP. The Kier molecular flexibility index (Phi) is 2.59. The first-order valence-corrected chi connectivity index (χ1v) is 6.61. The van der Waals surface area contributed by atoms with E-state index < -0.39 is 0 Å². The molecule has 2 unspecified atom stereocenters. The van der Waals surface area contributed by atoms with Crippen molar-refractivity contribution < 1.29 is 4.79 Å². The van der Waals surface area contributed by atoms with Gasteiger partial charge in [0.25, 0.3) is 0 Å². The van der Waals surface area contributed by atoms with Gasteiger partial charge in [-0.2, -0.15) is 0 Å². The lowest BCUT2D eigenvalue weighted by molar-refractivity contribution is -0.127. The molecule has 0 aromatic heterocycles. The first-order valence-electron chi connectivity index (χ1n) is 6.10. The highest BCUT2D eigenvalue weighted by atomic mass is 31.0. The second-order valence-corrected chi connectivity index (χ2v) is 5.66. The number of rotatable bonds is 0. The van der Waals surface area contributed by atoms with E-state index in [1.54, 1.807) is 0 Å². The number of hydrogen-bond acceptors (Lipinski definition) is 2. The number of amides is 1. The van der Waals surface area contributed by atoms with Crippen LogP contribution >= 0.6 is 9.39 Å². The lowest BCUT2D eigenvalue weighted by Crippen LogP contribution is -2.34. The molecule has 17 heavy (non-hydrogen) atoms. The number of hydrogen-bond donors (Lipinski definition) is 1. The second kappa shape index (κ2) is 3.99. The minimum Gasteiger partial charge on any atom is -0.356 e. The van der Waals surface area contributed by atoms with Crippen LogP contribution in [0.1, 0.15) is 18.4 Å². The average Bonchev–Trinajstić information content (AvgIpc) is 2.61. The van der Waals surface area contributed by atoms with Crippen LogP contribution in [0.3, 0.4) is 0 Å². The van der Waals surface area contributed by atoms with Crippen molar-refractivity contribution in [1.29, 1.82) is 0 Å². The van der Waals surface area contributed by atoms with Gasteiger partial charge in [-0.3, -0.25) is 4.79 Å². The quantitative estimate of drug-likeness (QED) is 0.709. The lowest BCUT2D eigenvalue weighted by atomic mass is 9.78. The predicted octanol–water partition coefficient (Wildman–Crippen LogP) is 1.74. The fourth-order valence-electron chi connectivity index (χ4n) is 2.97. The lowest BCUT2D eigenvalue weighted by Gasteiger charge is -2.24. The van der Waals surface area contributed by atoms with E-state index in [2.05, 4.69) is 43.6 Å². The maximum Gasteiger partial charge on any atom is 0.226 e. The van der Waals surface area contributed by atoms with Crippen LogP contribution in [0.4, 0.5) is 5.69 Å². The van der Waals surface area contributed by atoms with Crippen LogP contribution in [-0.2, 0) is 11.2 Å². The summed E-state index contributed by atoms with van der Waals surface area (Å²) in [4.78, 5) is 12.1. The third-order valence-electron chi connectivity index (χ3n) is 4.03. The third kappa shape index (κ3) is 1.73. The van der Waals surface area contributed by atoms with Crippen molar-refractivity contribution >= 4 is 21.0 Å². The highest BCUT2D eigenvalue weighted by Crippen LogP contribution is 2.41. The Hall–Kier alpha value is -1.08. The predicted molar refractivity (Wildman–Crippen MR) is 71.9 cm³/mol. The average molecular weight is 248 g/mol. The fourth-order valence-corrected chi connectivity index (χ4v) is 3.35. The van der Waals surface area contributed by atoms with Crippen molar-refractivity contribution in [2.24, 2.45) is 5.41 Å². The Balaban J connectivity index is 2.02. The van der Waals surface area contributed by atoms with Crippen LogP contribution in [0.25, 0.3) is 0 Å². The van der Waals surface area contributed by atoms with Gasteiger partial charge in [0.2, 0.25) is 5.91 Å². The molecule has 0 bridgehead atoms. The maximum absolute atomic E-state index is 12.1. The molecule has 0 saturated carbocycles. The molecule has 1 N–H and O–H groups in total. The molecule has 1 amide bonds. The van der Waals surface area contributed by atoms with Crippen LogP contribution in [0.2, 0.25) is 0 Å². The fraction of sp³-hybridized carbons (Fsp3) is 0.462. The molecule has 1 aromatic rings. The Bertz CT molecular complexity index is 462. The first kappa shape index (κ1) is 11.0. The van der Waals surface area contributed by atoms with Gasteiger partial charge in [-0.25, -0.2) is 0 Å². The summed E-state index contributed by atoms with van der Waals surface area (Å²) in [6, 6.07) is 8.39. The molecule has 2 heterocycles. The molecule has 1 aromatic carbocycles. The molecule has 3 rings (SSSR count). The second-order valence-electron chi connectivity index (χ2n) is 5.04. The van der Waals surface area contributed by atoms with Gasteiger partial charge in [-0.05, 0) is 40.3 Å². The molecule has 4 heteroatoms. The molecule has 2 atom stereocenters. The van der Waals surface area contributed by atoms with Gasteiger partial charge in [-0.15, -0.1) is 0 Å². The summed E-state index contributed by atoms with van der Waals surface area (Å²) in [6.07, 6.45) is 2.79. The van der Waals surface area contributed by atoms with Crippen LogP contribution in [0, 0.1) is 5.41 Å². The Morgan fingerprint density at radius 2 is 2.12 bits per heavy atom. The number of para-hydroxylation sites is 1. The molecule has 0 radical (unpaired) electrons. The van der Waals surface area contributed by atoms with Gasteiger partial charge in [0.15, 0.2) is 0 Å². The normalized spacial score (nSPS) is 27.8. The smallest absolute Gasteiger partial charge is 0.226 e.